The fourth-order valence-corrected chi connectivity index (χ4v) is 3.71. The monoisotopic (exact) mass is 382 g/mol. The molecule has 0 saturated heterocycles. The largest absolute Gasteiger partial charge is 0.494 e. The Bertz CT molecular complexity index is 902. The number of hydrogen-bond acceptors (Lipinski definition) is 5. The van der Waals surface area contributed by atoms with Crippen LogP contribution in [-0.4, -0.2) is 22.7 Å². The summed E-state index contributed by atoms with van der Waals surface area (Å²) >= 11 is 1.37. The molecule has 0 aliphatic heterocycles. The molecule has 140 valence electrons. The summed E-state index contributed by atoms with van der Waals surface area (Å²) in [7, 11) is 0. The second kappa shape index (κ2) is 8.68. The van der Waals surface area contributed by atoms with Crippen molar-refractivity contribution in [2.75, 3.05) is 11.9 Å². The van der Waals surface area contributed by atoms with E-state index in [2.05, 4.69) is 29.4 Å². The third-order valence-electron chi connectivity index (χ3n) is 4.06. The molecular weight excluding hydrogens is 360 g/mol. The lowest BCUT2D eigenvalue weighted by Gasteiger charge is -2.05. The number of rotatable bonds is 8. The molecule has 0 saturated carbocycles. The standard InChI is InChI=1S/C21H22N2O3S/c1-3-14-5-7-15(8-6-14)20-18(13-19(24)25)27-21(23-20)22-16-9-11-17(12-10-16)26-4-2/h5-12H,3-4,13H2,1-2H3,(H,22,23)(H,24,25). The SMILES string of the molecule is CCOc1ccc(Nc2nc(-c3ccc(CC)cc3)c(CC(=O)O)s2)cc1. The molecule has 27 heavy (non-hydrogen) atoms. The van der Waals surface area contributed by atoms with Crippen LogP contribution in [0.3, 0.4) is 0 Å². The van der Waals surface area contributed by atoms with Gasteiger partial charge in [-0.15, -0.1) is 11.3 Å². The Morgan fingerprint density at radius 3 is 2.41 bits per heavy atom. The molecular formula is C21H22N2O3S. The summed E-state index contributed by atoms with van der Waals surface area (Å²) in [5.41, 5.74) is 3.77. The third-order valence-corrected chi connectivity index (χ3v) is 5.03. The Morgan fingerprint density at radius 1 is 1.11 bits per heavy atom. The number of aryl methyl sites for hydroxylation is 1. The highest BCUT2D eigenvalue weighted by Crippen LogP contribution is 2.33. The maximum Gasteiger partial charge on any atom is 0.308 e. The minimum absolute atomic E-state index is 0.0481. The first-order valence-electron chi connectivity index (χ1n) is 8.89. The first-order chi connectivity index (χ1) is 13.1. The predicted molar refractivity (Wildman–Crippen MR) is 109 cm³/mol. The number of thiazole rings is 1. The molecule has 6 heteroatoms. The van der Waals surface area contributed by atoms with E-state index in [0.717, 1.165) is 34.0 Å². The van der Waals surface area contributed by atoms with Crippen molar-refractivity contribution in [1.82, 2.24) is 4.98 Å². The lowest BCUT2D eigenvalue weighted by Crippen LogP contribution is -1.99. The summed E-state index contributed by atoms with van der Waals surface area (Å²) in [5, 5.41) is 13.2. The summed E-state index contributed by atoms with van der Waals surface area (Å²) in [6, 6.07) is 15.7. The van der Waals surface area contributed by atoms with E-state index in [4.69, 9.17) is 4.74 Å². The number of aliphatic carboxylic acids is 1. The zero-order chi connectivity index (χ0) is 19.2. The molecule has 0 spiro atoms. The first-order valence-corrected chi connectivity index (χ1v) is 9.71. The zero-order valence-corrected chi connectivity index (χ0v) is 16.2. The number of carboxylic acid groups (broad SMARTS) is 1. The van der Waals surface area contributed by atoms with E-state index in [1.165, 1.54) is 16.9 Å². The van der Waals surface area contributed by atoms with Gasteiger partial charge in [-0.1, -0.05) is 31.2 Å². The summed E-state index contributed by atoms with van der Waals surface area (Å²) in [6.45, 7) is 4.67. The lowest BCUT2D eigenvalue weighted by molar-refractivity contribution is -0.136. The van der Waals surface area contributed by atoms with E-state index in [0.29, 0.717) is 11.7 Å². The number of benzene rings is 2. The molecule has 2 N–H and O–H groups in total. The Morgan fingerprint density at radius 2 is 1.81 bits per heavy atom. The van der Waals surface area contributed by atoms with Gasteiger partial charge in [0.15, 0.2) is 5.13 Å². The van der Waals surface area contributed by atoms with Crippen molar-refractivity contribution in [2.45, 2.75) is 26.7 Å². The number of nitrogens with zero attached hydrogens (tertiary/aromatic N) is 1. The topological polar surface area (TPSA) is 71.5 Å². The van der Waals surface area contributed by atoms with Gasteiger partial charge in [0.25, 0.3) is 0 Å². The quantitative estimate of drug-likeness (QED) is 0.564. The summed E-state index contributed by atoms with van der Waals surface area (Å²) in [6.07, 6.45) is 0.914. The number of anilines is 2. The van der Waals surface area contributed by atoms with Crippen molar-refractivity contribution in [2.24, 2.45) is 0 Å². The van der Waals surface area contributed by atoms with Gasteiger partial charge >= 0.3 is 5.97 Å². The summed E-state index contributed by atoms with van der Waals surface area (Å²) in [5.74, 6) is -0.0526. The molecule has 5 nitrogen and oxygen atoms in total. The zero-order valence-electron chi connectivity index (χ0n) is 15.4. The highest BCUT2D eigenvalue weighted by atomic mass is 32.1. The van der Waals surface area contributed by atoms with Crippen molar-refractivity contribution in [3.05, 3.63) is 59.0 Å². The van der Waals surface area contributed by atoms with Crippen molar-refractivity contribution < 1.29 is 14.6 Å². The molecule has 2 aromatic carbocycles. The van der Waals surface area contributed by atoms with Gasteiger partial charge in [0.2, 0.25) is 0 Å². The van der Waals surface area contributed by atoms with E-state index < -0.39 is 5.97 Å². The van der Waals surface area contributed by atoms with Crippen LogP contribution >= 0.6 is 11.3 Å². The van der Waals surface area contributed by atoms with Crippen LogP contribution in [0.2, 0.25) is 0 Å². The molecule has 0 unspecified atom stereocenters. The summed E-state index contributed by atoms with van der Waals surface area (Å²) < 4.78 is 5.45. The maximum absolute atomic E-state index is 11.3. The fourth-order valence-electron chi connectivity index (χ4n) is 2.71. The molecule has 0 radical (unpaired) electrons. The van der Waals surface area contributed by atoms with Crippen LogP contribution in [-0.2, 0) is 17.6 Å². The molecule has 3 rings (SSSR count). The van der Waals surface area contributed by atoms with Crippen LogP contribution in [0.5, 0.6) is 5.75 Å². The average molecular weight is 382 g/mol. The van der Waals surface area contributed by atoms with E-state index in [1.807, 2.05) is 43.3 Å². The minimum Gasteiger partial charge on any atom is -0.494 e. The molecule has 0 amide bonds. The van der Waals surface area contributed by atoms with Gasteiger partial charge in [0, 0.05) is 16.1 Å². The average Bonchev–Trinajstić information content (AvgIpc) is 3.05. The molecule has 3 aromatic rings. The van der Waals surface area contributed by atoms with Crippen molar-refractivity contribution in [3.63, 3.8) is 0 Å². The van der Waals surface area contributed by atoms with Crippen molar-refractivity contribution in [3.8, 4) is 17.0 Å². The third kappa shape index (κ3) is 4.86. The second-order valence-electron chi connectivity index (χ2n) is 5.99. The number of carbonyl (C=O) groups is 1. The lowest BCUT2D eigenvalue weighted by atomic mass is 10.1. The molecule has 0 aliphatic carbocycles. The van der Waals surface area contributed by atoms with Gasteiger partial charge in [-0.3, -0.25) is 4.79 Å². The first kappa shape index (κ1) is 18.9. The Balaban J connectivity index is 1.87. The van der Waals surface area contributed by atoms with Crippen LogP contribution in [0.25, 0.3) is 11.3 Å². The van der Waals surface area contributed by atoms with Gasteiger partial charge in [-0.25, -0.2) is 4.98 Å². The predicted octanol–water partition coefficient (Wildman–Crippen LogP) is 5.14. The Kier molecular flexibility index (Phi) is 6.08. The van der Waals surface area contributed by atoms with Gasteiger partial charge in [0.05, 0.1) is 18.7 Å². The Hall–Kier alpha value is -2.86. The smallest absolute Gasteiger partial charge is 0.308 e. The van der Waals surface area contributed by atoms with Crippen LogP contribution < -0.4 is 10.1 Å². The highest BCUT2D eigenvalue weighted by molar-refractivity contribution is 7.16. The number of aromatic nitrogens is 1. The van der Waals surface area contributed by atoms with Gasteiger partial charge in [-0.2, -0.15) is 0 Å². The van der Waals surface area contributed by atoms with Crippen molar-refractivity contribution >= 4 is 28.1 Å². The molecule has 0 atom stereocenters. The molecule has 0 bridgehead atoms. The van der Waals surface area contributed by atoms with Gasteiger partial charge < -0.3 is 15.2 Å². The van der Waals surface area contributed by atoms with Crippen LogP contribution in [0, 0.1) is 0 Å². The number of hydrogen-bond donors (Lipinski definition) is 2. The van der Waals surface area contributed by atoms with E-state index in [1.54, 1.807) is 0 Å². The normalized spacial score (nSPS) is 10.6. The highest BCUT2D eigenvalue weighted by Gasteiger charge is 2.16. The van der Waals surface area contributed by atoms with E-state index in [-0.39, 0.29) is 6.42 Å². The minimum atomic E-state index is -0.863. The van der Waals surface area contributed by atoms with Crippen LogP contribution in [0.1, 0.15) is 24.3 Å². The van der Waals surface area contributed by atoms with Gasteiger partial charge in [0.1, 0.15) is 5.75 Å². The van der Waals surface area contributed by atoms with Crippen LogP contribution in [0.4, 0.5) is 10.8 Å². The van der Waals surface area contributed by atoms with Crippen molar-refractivity contribution in [1.29, 1.82) is 0 Å². The second-order valence-corrected chi connectivity index (χ2v) is 7.08. The summed E-state index contributed by atoms with van der Waals surface area (Å²) in [4.78, 5) is 16.7. The maximum atomic E-state index is 11.3. The molecule has 1 heterocycles. The number of nitrogens with one attached hydrogen (secondary N) is 1. The Labute approximate surface area is 162 Å². The van der Waals surface area contributed by atoms with E-state index >= 15 is 0 Å². The number of ether oxygens (including phenoxy) is 1. The fraction of sp³-hybridized carbons (Fsp3) is 0.238. The van der Waals surface area contributed by atoms with Crippen LogP contribution in [0.15, 0.2) is 48.5 Å². The molecule has 0 aliphatic rings. The molecule has 1 aromatic heterocycles. The molecule has 0 fully saturated rings. The van der Waals surface area contributed by atoms with E-state index in [9.17, 15) is 9.90 Å². The van der Waals surface area contributed by atoms with Gasteiger partial charge in [-0.05, 0) is 43.2 Å². The number of carboxylic acids is 1.